The summed E-state index contributed by atoms with van der Waals surface area (Å²) in [5, 5.41) is 0.649. The second kappa shape index (κ2) is 5.92. The Morgan fingerprint density at radius 1 is 1.15 bits per heavy atom. The molecule has 0 fully saturated rings. The Bertz CT molecular complexity index is 684. The number of rotatable bonds is 3. The Kier molecular flexibility index (Phi) is 4.24. The van der Waals surface area contributed by atoms with E-state index in [1.54, 1.807) is 6.07 Å². The van der Waals surface area contributed by atoms with Crippen LogP contribution in [0.25, 0.3) is 10.9 Å². The molecule has 104 valence electrons. The normalized spacial score (nSPS) is 10.3. The van der Waals surface area contributed by atoms with Crippen LogP contribution in [0.15, 0.2) is 29.2 Å². The molecule has 0 saturated heterocycles. The van der Waals surface area contributed by atoms with Gasteiger partial charge in [0, 0.05) is 10.3 Å². The molecule has 0 bridgehead atoms. The molecule has 0 atom stereocenters. The lowest BCUT2D eigenvalue weighted by atomic mass is 10.1. The van der Waals surface area contributed by atoms with Gasteiger partial charge in [-0.15, -0.1) is 11.8 Å². The second-order valence-electron chi connectivity index (χ2n) is 3.89. The Labute approximate surface area is 120 Å². The van der Waals surface area contributed by atoms with E-state index in [4.69, 9.17) is 4.74 Å². The van der Waals surface area contributed by atoms with E-state index < -0.39 is 11.9 Å². The van der Waals surface area contributed by atoms with Crippen molar-refractivity contribution in [2.75, 3.05) is 20.5 Å². The molecule has 1 aromatic heterocycles. The van der Waals surface area contributed by atoms with Gasteiger partial charge in [-0.05, 0) is 18.4 Å². The number of fused-ring (bicyclic) bond motifs is 1. The van der Waals surface area contributed by atoms with Gasteiger partial charge in [-0.2, -0.15) is 0 Å². The standard InChI is InChI=1S/C14H13NO4S/c1-18-13(16)9-7-10(14(17)19-2)15-12-8(9)5-4-6-11(12)20-3/h4-7H,1-3H3. The zero-order valence-electron chi connectivity index (χ0n) is 11.3. The van der Waals surface area contributed by atoms with E-state index >= 15 is 0 Å². The van der Waals surface area contributed by atoms with Crippen molar-refractivity contribution in [2.24, 2.45) is 0 Å². The van der Waals surface area contributed by atoms with Crippen molar-refractivity contribution in [1.82, 2.24) is 4.98 Å². The number of benzene rings is 1. The fourth-order valence-electron chi connectivity index (χ4n) is 1.87. The number of hydrogen-bond acceptors (Lipinski definition) is 6. The monoisotopic (exact) mass is 291 g/mol. The highest BCUT2D eigenvalue weighted by Crippen LogP contribution is 2.28. The van der Waals surface area contributed by atoms with E-state index in [9.17, 15) is 9.59 Å². The van der Waals surface area contributed by atoms with Gasteiger partial charge < -0.3 is 9.47 Å². The first-order chi connectivity index (χ1) is 9.62. The molecule has 0 aliphatic carbocycles. The van der Waals surface area contributed by atoms with Gasteiger partial charge in [0.25, 0.3) is 0 Å². The van der Waals surface area contributed by atoms with Gasteiger partial charge in [0.15, 0.2) is 0 Å². The van der Waals surface area contributed by atoms with Gasteiger partial charge in [-0.1, -0.05) is 12.1 Å². The van der Waals surface area contributed by atoms with Crippen LogP contribution in [0.2, 0.25) is 0 Å². The molecule has 0 unspecified atom stereocenters. The van der Waals surface area contributed by atoms with E-state index in [0.29, 0.717) is 16.5 Å². The van der Waals surface area contributed by atoms with Crippen molar-refractivity contribution in [3.05, 3.63) is 35.5 Å². The maximum Gasteiger partial charge on any atom is 0.356 e. The Morgan fingerprint density at radius 3 is 2.45 bits per heavy atom. The van der Waals surface area contributed by atoms with Crippen molar-refractivity contribution >= 4 is 34.6 Å². The van der Waals surface area contributed by atoms with Crippen LogP contribution in [0.3, 0.4) is 0 Å². The van der Waals surface area contributed by atoms with Crippen LogP contribution in [-0.2, 0) is 9.47 Å². The molecule has 5 nitrogen and oxygen atoms in total. The van der Waals surface area contributed by atoms with Crippen molar-refractivity contribution in [2.45, 2.75) is 4.90 Å². The summed E-state index contributed by atoms with van der Waals surface area (Å²) in [7, 11) is 2.57. The first-order valence-electron chi connectivity index (χ1n) is 5.76. The fourth-order valence-corrected chi connectivity index (χ4v) is 2.44. The summed E-state index contributed by atoms with van der Waals surface area (Å²) in [6, 6.07) is 6.88. The zero-order valence-corrected chi connectivity index (χ0v) is 12.1. The SMILES string of the molecule is COC(=O)c1cc(C(=O)OC)c2cccc(SC)c2n1. The van der Waals surface area contributed by atoms with Gasteiger partial charge in [-0.25, -0.2) is 14.6 Å². The highest BCUT2D eigenvalue weighted by Gasteiger charge is 2.18. The smallest absolute Gasteiger partial charge is 0.356 e. The zero-order chi connectivity index (χ0) is 14.7. The van der Waals surface area contributed by atoms with E-state index in [-0.39, 0.29) is 5.69 Å². The van der Waals surface area contributed by atoms with Crippen LogP contribution in [0.4, 0.5) is 0 Å². The summed E-state index contributed by atoms with van der Waals surface area (Å²) < 4.78 is 9.43. The van der Waals surface area contributed by atoms with Crippen LogP contribution in [0.5, 0.6) is 0 Å². The van der Waals surface area contributed by atoms with Crippen LogP contribution >= 0.6 is 11.8 Å². The number of carbonyl (C=O) groups excluding carboxylic acids is 2. The molecular formula is C14H13NO4S. The van der Waals surface area contributed by atoms with Crippen molar-refractivity contribution in [1.29, 1.82) is 0 Å². The quantitative estimate of drug-likeness (QED) is 0.639. The van der Waals surface area contributed by atoms with Gasteiger partial charge in [0.1, 0.15) is 5.69 Å². The third-order valence-electron chi connectivity index (χ3n) is 2.82. The number of para-hydroxylation sites is 1. The number of thioether (sulfide) groups is 1. The topological polar surface area (TPSA) is 65.5 Å². The van der Waals surface area contributed by atoms with Gasteiger partial charge in [-0.3, -0.25) is 0 Å². The van der Waals surface area contributed by atoms with Crippen LogP contribution in [0.1, 0.15) is 20.8 Å². The molecule has 6 heteroatoms. The minimum absolute atomic E-state index is 0.0851. The maximum atomic E-state index is 11.9. The molecule has 2 rings (SSSR count). The maximum absolute atomic E-state index is 11.9. The Morgan fingerprint density at radius 2 is 1.85 bits per heavy atom. The molecule has 0 saturated carbocycles. The summed E-state index contributed by atoms with van der Waals surface area (Å²) >= 11 is 1.49. The van der Waals surface area contributed by atoms with E-state index in [1.165, 1.54) is 32.0 Å². The summed E-state index contributed by atoms with van der Waals surface area (Å²) in [6.45, 7) is 0. The number of pyridine rings is 1. The molecule has 0 aliphatic heterocycles. The third kappa shape index (κ3) is 2.46. The number of nitrogens with zero attached hydrogens (tertiary/aromatic N) is 1. The largest absolute Gasteiger partial charge is 0.465 e. The molecule has 0 N–H and O–H groups in total. The summed E-state index contributed by atoms with van der Waals surface area (Å²) in [6.07, 6.45) is 1.90. The number of carbonyl (C=O) groups is 2. The lowest BCUT2D eigenvalue weighted by Crippen LogP contribution is -2.10. The van der Waals surface area contributed by atoms with Gasteiger partial charge in [0.05, 0.1) is 25.3 Å². The van der Waals surface area contributed by atoms with E-state index in [2.05, 4.69) is 9.72 Å². The molecule has 20 heavy (non-hydrogen) atoms. The third-order valence-corrected chi connectivity index (χ3v) is 3.59. The summed E-state index contributed by atoms with van der Waals surface area (Å²) in [5.41, 5.74) is 0.971. The van der Waals surface area contributed by atoms with Crippen LogP contribution < -0.4 is 0 Å². The van der Waals surface area contributed by atoms with Gasteiger partial charge >= 0.3 is 11.9 Å². The highest BCUT2D eigenvalue weighted by atomic mass is 32.2. The van der Waals surface area contributed by atoms with Crippen molar-refractivity contribution in [3.8, 4) is 0 Å². The molecule has 2 aromatic rings. The Hall–Kier alpha value is -2.08. The van der Waals surface area contributed by atoms with Crippen LogP contribution in [0, 0.1) is 0 Å². The predicted molar refractivity (Wildman–Crippen MR) is 76.2 cm³/mol. The molecule has 0 amide bonds. The molecular weight excluding hydrogens is 278 g/mol. The average molecular weight is 291 g/mol. The lowest BCUT2D eigenvalue weighted by molar-refractivity contribution is 0.0594. The number of hydrogen-bond donors (Lipinski definition) is 0. The molecule has 0 aliphatic rings. The number of methoxy groups -OCH3 is 2. The molecule has 1 aromatic carbocycles. The van der Waals surface area contributed by atoms with Crippen molar-refractivity contribution < 1.29 is 19.1 Å². The minimum Gasteiger partial charge on any atom is -0.465 e. The van der Waals surface area contributed by atoms with Gasteiger partial charge in [0.2, 0.25) is 0 Å². The summed E-state index contributed by atoms with van der Waals surface area (Å²) in [5.74, 6) is -1.10. The fraction of sp³-hybridized carbons (Fsp3) is 0.214. The average Bonchev–Trinajstić information content (AvgIpc) is 2.51. The minimum atomic E-state index is -0.590. The second-order valence-corrected chi connectivity index (χ2v) is 4.74. The lowest BCUT2D eigenvalue weighted by Gasteiger charge is -2.09. The van der Waals surface area contributed by atoms with E-state index in [1.807, 2.05) is 18.4 Å². The highest BCUT2D eigenvalue weighted by molar-refractivity contribution is 7.98. The number of esters is 2. The molecule has 0 spiro atoms. The van der Waals surface area contributed by atoms with Crippen molar-refractivity contribution in [3.63, 3.8) is 0 Å². The predicted octanol–water partition coefficient (Wildman–Crippen LogP) is 2.53. The number of ether oxygens (including phenoxy) is 2. The Balaban J connectivity index is 2.81. The summed E-state index contributed by atoms with van der Waals surface area (Å²) in [4.78, 5) is 28.7. The van der Waals surface area contributed by atoms with E-state index in [0.717, 1.165) is 4.90 Å². The first-order valence-corrected chi connectivity index (χ1v) is 6.99. The molecule has 0 radical (unpaired) electrons. The van der Waals surface area contributed by atoms with Crippen LogP contribution in [-0.4, -0.2) is 37.4 Å². The number of aromatic nitrogens is 1. The molecule has 1 heterocycles. The first kappa shape index (κ1) is 14.3.